The minimum Gasteiger partial charge on any atom is -0.476 e. The second-order valence-corrected chi connectivity index (χ2v) is 7.68. The number of nitrogens with one attached hydrogen (secondary N) is 1. The molecule has 0 saturated carbocycles. The van der Waals surface area contributed by atoms with Crippen LogP contribution in [0.15, 0.2) is 60.8 Å². The number of rotatable bonds is 7. The molecule has 7 heteroatoms. The van der Waals surface area contributed by atoms with Gasteiger partial charge in [0.1, 0.15) is 12.2 Å². The highest BCUT2D eigenvalue weighted by molar-refractivity contribution is 5.68. The Bertz CT molecular complexity index is 1030. The molecular weight excluding hydrogens is 392 g/mol. The SMILES string of the molecule is CC(C)(C)OC(=O)NCCOc1cccc(-c2ccnc(C=Cc3ccccc3)n2)n1. The Morgan fingerprint density at radius 2 is 1.74 bits per heavy atom. The molecule has 7 nitrogen and oxygen atoms in total. The van der Waals surface area contributed by atoms with E-state index >= 15 is 0 Å². The number of pyridine rings is 1. The van der Waals surface area contributed by atoms with Crippen LogP contribution >= 0.6 is 0 Å². The van der Waals surface area contributed by atoms with E-state index in [9.17, 15) is 4.79 Å². The van der Waals surface area contributed by atoms with Crippen LogP contribution in [0.25, 0.3) is 23.5 Å². The lowest BCUT2D eigenvalue weighted by Gasteiger charge is -2.19. The zero-order chi connectivity index (χ0) is 22.1. The predicted octanol–water partition coefficient (Wildman–Crippen LogP) is 4.61. The van der Waals surface area contributed by atoms with Crippen molar-refractivity contribution in [1.82, 2.24) is 20.3 Å². The summed E-state index contributed by atoms with van der Waals surface area (Å²) in [5.74, 6) is 1.04. The van der Waals surface area contributed by atoms with Gasteiger partial charge in [-0.25, -0.2) is 19.7 Å². The van der Waals surface area contributed by atoms with E-state index < -0.39 is 11.7 Å². The van der Waals surface area contributed by atoms with Crippen LogP contribution in [0.4, 0.5) is 4.79 Å². The van der Waals surface area contributed by atoms with Crippen LogP contribution in [0.2, 0.25) is 0 Å². The maximum atomic E-state index is 11.7. The number of carbonyl (C=O) groups excluding carboxylic acids is 1. The molecule has 2 aromatic heterocycles. The first-order valence-corrected chi connectivity index (χ1v) is 10.0. The third-order valence-corrected chi connectivity index (χ3v) is 3.90. The quantitative estimate of drug-likeness (QED) is 0.564. The van der Waals surface area contributed by atoms with Crippen molar-refractivity contribution in [1.29, 1.82) is 0 Å². The standard InChI is InChI=1S/C24H26N4O3/c1-24(2,3)31-23(29)26-16-17-30-22-11-7-10-19(28-22)20-14-15-25-21(27-20)13-12-18-8-5-4-6-9-18/h4-15H,16-17H2,1-3H3,(H,26,29). The molecule has 0 aliphatic rings. The Morgan fingerprint density at radius 3 is 2.52 bits per heavy atom. The molecule has 0 radical (unpaired) electrons. The third-order valence-electron chi connectivity index (χ3n) is 3.90. The summed E-state index contributed by atoms with van der Waals surface area (Å²) in [7, 11) is 0. The second-order valence-electron chi connectivity index (χ2n) is 7.68. The van der Waals surface area contributed by atoms with Crippen molar-refractivity contribution in [2.45, 2.75) is 26.4 Å². The number of alkyl carbamates (subject to hydrolysis) is 1. The van der Waals surface area contributed by atoms with E-state index in [0.717, 1.165) is 5.56 Å². The van der Waals surface area contributed by atoms with Crippen molar-refractivity contribution in [3.05, 3.63) is 72.2 Å². The average molecular weight is 418 g/mol. The summed E-state index contributed by atoms with van der Waals surface area (Å²) in [6, 6.07) is 17.2. The lowest BCUT2D eigenvalue weighted by atomic mass is 10.2. The van der Waals surface area contributed by atoms with E-state index in [0.29, 0.717) is 29.6 Å². The molecule has 0 saturated heterocycles. The molecule has 1 amide bonds. The Labute approximate surface area is 182 Å². The summed E-state index contributed by atoms with van der Waals surface area (Å²) in [6.07, 6.45) is 5.05. The van der Waals surface area contributed by atoms with Crippen LogP contribution in [-0.2, 0) is 4.74 Å². The Morgan fingerprint density at radius 1 is 0.968 bits per heavy atom. The van der Waals surface area contributed by atoms with E-state index in [1.165, 1.54) is 0 Å². The molecule has 1 N–H and O–H groups in total. The van der Waals surface area contributed by atoms with Gasteiger partial charge in [0.15, 0.2) is 5.82 Å². The topological polar surface area (TPSA) is 86.2 Å². The van der Waals surface area contributed by atoms with Crippen molar-refractivity contribution < 1.29 is 14.3 Å². The second kappa shape index (κ2) is 10.3. The summed E-state index contributed by atoms with van der Waals surface area (Å²) in [4.78, 5) is 25.0. The van der Waals surface area contributed by atoms with Crippen LogP contribution in [0.3, 0.4) is 0 Å². The number of aromatic nitrogens is 3. The minimum atomic E-state index is -0.534. The number of carbonyl (C=O) groups is 1. The molecule has 31 heavy (non-hydrogen) atoms. The largest absolute Gasteiger partial charge is 0.476 e. The van der Waals surface area contributed by atoms with Gasteiger partial charge in [-0.2, -0.15) is 0 Å². The predicted molar refractivity (Wildman–Crippen MR) is 120 cm³/mol. The molecule has 1 aromatic carbocycles. The minimum absolute atomic E-state index is 0.268. The zero-order valence-electron chi connectivity index (χ0n) is 17.9. The van der Waals surface area contributed by atoms with E-state index in [-0.39, 0.29) is 6.61 Å². The summed E-state index contributed by atoms with van der Waals surface area (Å²) in [5.41, 5.74) is 1.91. The first kappa shape index (κ1) is 22.0. The Kier molecular flexibility index (Phi) is 7.32. The number of hydrogen-bond acceptors (Lipinski definition) is 6. The van der Waals surface area contributed by atoms with Gasteiger partial charge in [-0.1, -0.05) is 42.5 Å². The summed E-state index contributed by atoms with van der Waals surface area (Å²) < 4.78 is 10.8. The number of benzene rings is 1. The molecule has 2 heterocycles. The van der Waals surface area contributed by atoms with Gasteiger partial charge >= 0.3 is 6.09 Å². The summed E-state index contributed by atoms with van der Waals surface area (Å²) in [6.45, 7) is 6.02. The Hall–Kier alpha value is -3.74. The van der Waals surface area contributed by atoms with Gasteiger partial charge in [0, 0.05) is 12.3 Å². The van der Waals surface area contributed by atoms with Crippen molar-refractivity contribution in [3.63, 3.8) is 0 Å². The van der Waals surface area contributed by atoms with Crippen molar-refractivity contribution in [2.24, 2.45) is 0 Å². The lowest BCUT2D eigenvalue weighted by Crippen LogP contribution is -2.34. The zero-order valence-corrected chi connectivity index (χ0v) is 17.9. The lowest BCUT2D eigenvalue weighted by molar-refractivity contribution is 0.0520. The van der Waals surface area contributed by atoms with Crippen LogP contribution in [0.1, 0.15) is 32.2 Å². The fraction of sp³-hybridized carbons (Fsp3) is 0.250. The van der Waals surface area contributed by atoms with Gasteiger partial charge in [0.2, 0.25) is 5.88 Å². The maximum absolute atomic E-state index is 11.7. The maximum Gasteiger partial charge on any atom is 0.407 e. The molecule has 0 unspecified atom stereocenters. The molecule has 160 valence electrons. The van der Waals surface area contributed by atoms with Gasteiger partial charge in [-0.05, 0) is 44.5 Å². The van der Waals surface area contributed by atoms with E-state index in [1.807, 2.05) is 75.4 Å². The first-order valence-electron chi connectivity index (χ1n) is 10.0. The molecule has 0 atom stereocenters. The first-order chi connectivity index (χ1) is 14.9. The van der Waals surface area contributed by atoms with E-state index in [2.05, 4.69) is 20.3 Å². The molecule has 0 fully saturated rings. The van der Waals surface area contributed by atoms with Crippen LogP contribution in [-0.4, -0.2) is 39.8 Å². The van der Waals surface area contributed by atoms with Crippen molar-refractivity contribution in [3.8, 4) is 17.3 Å². The van der Waals surface area contributed by atoms with Crippen molar-refractivity contribution in [2.75, 3.05) is 13.2 Å². The highest BCUT2D eigenvalue weighted by Gasteiger charge is 2.15. The summed E-state index contributed by atoms with van der Waals surface area (Å²) in [5, 5.41) is 2.65. The fourth-order valence-electron chi connectivity index (χ4n) is 2.59. The fourth-order valence-corrected chi connectivity index (χ4v) is 2.59. The number of nitrogens with zero attached hydrogens (tertiary/aromatic N) is 3. The van der Waals surface area contributed by atoms with Gasteiger partial charge in [-0.15, -0.1) is 0 Å². The smallest absolute Gasteiger partial charge is 0.407 e. The molecule has 3 rings (SSSR count). The number of ether oxygens (including phenoxy) is 2. The van der Waals surface area contributed by atoms with Crippen molar-refractivity contribution >= 4 is 18.2 Å². The molecule has 0 spiro atoms. The van der Waals surface area contributed by atoms with Gasteiger partial charge < -0.3 is 14.8 Å². The van der Waals surface area contributed by atoms with E-state index in [4.69, 9.17) is 9.47 Å². The molecule has 0 aliphatic carbocycles. The summed E-state index contributed by atoms with van der Waals surface area (Å²) >= 11 is 0. The highest BCUT2D eigenvalue weighted by Crippen LogP contribution is 2.18. The highest BCUT2D eigenvalue weighted by atomic mass is 16.6. The third kappa shape index (κ3) is 7.54. The molecule has 0 aliphatic heterocycles. The molecule has 3 aromatic rings. The Balaban J connectivity index is 1.58. The van der Waals surface area contributed by atoms with Crippen LogP contribution in [0.5, 0.6) is 5.88 Å². The molecular formula is C24H26N4O3. The van der Waals surface area contributed by atoms with Gasteiger partial charge in [0.25, 0.3) is 0 Å². The van der Waals surface area contributed by atoms with Crippen LogP contribution < -0.4 is 10.1 Å². The van der Waals surface area contributed by atoms with E-state index in [1.54, 1.807) is 18.3 Å². The van der Waals surface area contributed by atoms with Crippen LogP contribution in [0, 0.1) is 0 Å². The van der Waals surface area contributed by atoms with Gasteiger partial charge in [-0.3, -0.25) is 0 Å². The number of amides is 1. The monoisotopic (exact) mass is 418 g/mol. The van der Waals surface area contributed by atoms with Gasteiger partial charge in [0.05, 0.1) is 17.9 Å². The average Bonchev–Trinajstić information content (AvgIpc) is 2.75. The molecule has 0 bridgehead atoms. The normalized spacial score (nSPS) is 11.3. The number of hydrogen-bond donors (Lipinski definition) is 1.